The van der Waals surface area contributed by atoms with Gasteiger partial charge >= 0.3 is 0 Å². The number of aromatic nitrogens is 1. The Morgan fingerprint density at radius 2 is 2.15 bits per heavy atom. The number of H-pyrrole nitrogens is 1. The lowest BCUT2D eigenvalue weighted by molar-refractivity contribution is 0.234. The lowest BCUT2D eigenvalue weighted by Gasteiger charge is -1.96. The molecule has 0 saturated carbocycles. The molecule has 13 heavy (non-hydrogen) atoms. The molecule has 0 radical (unpaired) electrons. The van der Waals surface area contributed by atoms with Gasteiger partial charge in [0.25, 0.3) is 0 Å². The van der Waals surface area contributed by atoms with Gasteiger partial charge in [-0.15, -0.1) is 6.42 Å². The molecule has 2 aromatic rings. The molecule has 0 saturated heterocycles. The van der Waals surface area contributed by atoms with Crippen molar-refractivity contribution in [2.24, 2.45) is 0 Å². The first-order valence-corrected chi connectivity index (χ1v) is 4.03. The van der Waals surface area contributed by atoms with E-state index in [0.29, 0.717) is 5.69 Å². The standard InChI is InChI=1S/C11H9NO/c1-2-11(13)10-7-8-5-3-4-6-9(8)12-10/h1,3-7,11-13H. The highest BCUT2D eigenvalue weighted by molar-refractivity contribution is 5.80. The Morgan fingerprint density at radius 1 is 1.38 bits per heavy atom. The minimum absolute atomic E-state index is 0.670. The van der Waals surface area contributed by atoms with Gasteiger partial charge in [-0.3, -0.25) is 0 Å². The Morgan fingerprint density at radius 3 is 2.85 bits per heavy atom. The number of para-hydroxylation sites is 1. The zero-order chi connectivity index (χ0) is 9.26. The fourth-order valence-electron chi connectivity index (χ4n) is 1.33. The maximum atomic E-state index is 9.36. The largest absolute Gasteiger partial charge is 0.375 e. The van der Waals surface area contributed by atoms with Crippen LogP contribution in [-0.4, -0.2) is 10.1 Å². The van der Waals surface area contributed by atoms with Crippen LogP contribution in [0.25, 0.3) is 10.9 Å². The minimum atomic E-state index is -0.840. The van der Waals surface area contributed by atoms with E-state index in [1.807, 2.05) is 30.3 Å². The maximum Gasteiger partial charge on any atom is 0.154 e. The normalized spacial score (nSPS) is 12.6. The van der Waals surface area contributed by atoms with Gasteiger partial charge in [-0.1, -0.05) is 24.1 Å². The highest BCUT2D eigenvalue weighted by Gasteiger charge is 2.06. The summed E-state index contributed by atoms with van der Waals surface area (Å²) in [6, 6.07) is 9.66. The first kappa shape index (κ1) is 7.90. The van der Waals surface area contributed by atoms with Crippen LogP contribution < -0.4 is 0 Å². The molecule has 64 valence electrons. The monoisotopic (exact) mass is 171 g/mol. The number of terminal acetylenes is 1. The molecular weight excluding hydrogens is 162 g/mol. The summed E-state index contributed by atoms with van der Waals surface area (Å²) in [7, 11) is 0. The number of hydrogen-bond acceptors (Lipinski definition) is 1. The summed E-state index contributed by atoms with van der Waals surface area (Å²) in [5.41, 5.74) is 1.66. The molecule has 2 N–H and O–H groups in total. The van der Waals surface area contributed by atoms with Crippen LogP contribution in [0.5, 0.6) is 0 Å². The number of aliphatic hydroxyl groups excluding tert-OH is 1. The summed E-state index contributed by atoms with van der Waals surface area (Å²) in [6.07, 6.45) is 4.27. The van der Waals surface area contributed by atoms with E-state index in [-0.39, 0.29) is 0 Å². The molecule has 0 bridgehead atoms. The first-order valence-electron chi connectivity index (χ1n) is 4.03. The van der Waals surface area contributed by atoms with Crippen LogP contribution in [0, 0.1) is 12.3 Å². The van der Waals surface area contributed by atoms with Gasteiger partial charge in [0.1, 0.15) is 0 Å². The van der Waals surface area contributed by atoms with Crippen molar-refractivity contribution in [3.63, 3.8) is 0 Å². The third kappa shape index (κ3) is 1.30. The van der Waals surface area contributed by atoms with Crippen molar-refractivity contribution in [3.8, 4) is 12.3 Å². The van der Waals surface area contributed by atoms with Gasteiger partial charge in [-0.2, -0.15) is 0 Å². The molecule has 2 rings (SSSR count). The van der Waals surface area contributed by atoms with E-state index in [9.17, 15) is 5.11 Å². The lowest BCUT2D eigenvalue weighted by atomic mass is 10.2. The number of aliphatic hydroxyl groups is 1. The number of benzene rings is 1. The summed E-state index contributed by atoms with van der Waals surface area (Å²) in [4.78, 5) is 3.05. The zero-order valence-electron chi connectivity index (χ0n) is 6.99. The average Bonchev–Trinajstić information content (AvgIpc) is 2.59. The van der Waals surface area contributed by atoms with E-state index in [4.69, 9.17) is 6.42 Å². The molecule has 0 spiro atoms. The third-order valence-corrected chi connectivity index (χ3v) is 2.00. The van der Waals surface area contributed by atoms with Crippen LogP contribution in [0.4, 0.5) is 0 Å². The molecule has 0 aliphatic carbocycles. The van der Waals surface area contributed by atoms with Crippen molar-refractivity contribution >= 4 is 10.9 Å². The summed E-state index contributed by atoms with van der Waals surface area (Å²) in [5, 5.41) is 10.4. The lowest BCUT2D eigenvalue weighted by Crippen LogP contribution is -1.91. The zero-order valence-corrected chi connectivity index (χ0v) is 6.99. The fourth-order valence-corrected chi connectivity index (χ4v) is 1.33. The number of fused-ring (bicyclic) bond motifs is 1. The van der Waals surface area contributed by atoms with E-state index in [1.165, 1.54) is 0 Å². The van der Waals surface area contributed by atoms with E-state index >= 15 is 0 Å². The van der Waals surface area contributed by atoms with Crippen LogP contribution in [0.3, 0.4) is 0 Å². The molecule has 1 unspecified atom stereocenters. The average molecular weight is 171 g/mol. The summed E-state index contributed by atoms with van der Waals surface area (Å²) in [5.74, 6) is 2.27. The smallest absolute Gasteiger partial charge is 0.154 e. The van der Waals surface area contributed by atoms with Crippen LogP contribution in [-0.2, 0) is 0 Å². The van der Waals surface area contributed by atoms with Gasteiger partial charge < -0.3 is 10.1 Å². The number of nitrogens with one attached hydrogen (secondary N) is 1. The SMILES string of the molecule is C#CC(O)c1cc2ccccc2[nH]1. The van der Waals surface area contributed by atoms with Crippen LogP contribution >= 0.6 is 0 Å². The predicted octanol–water partition coefficient (Wildman–Crippen LogP) is 1.83. The molecule has 0 aliphatic heterocycles. The van der Waals surface area contributed by atoms with Crippen LogP contribution in [0.1, 0.15) is 11.8 Å². The Balaban J connectivity index is 2.57. The quantitative estimate of drug-likeness (QED) is 0.631. The van der Waals surface area contributed by atoms with Crippen molar-refractivity contribution in [2.75, 3.05) is 0 Å². The maximum absolute atomic E-state index is 9.36. The summed E-state index contributed by atoms with van der Waals surface area (Å²) in [6.45, 7) is 0. The highest BCUT2D eigenvalue weighted by Crippen LogP contribution is 2.18. The molecule has 1 atom stereocenters. The molecule has 2 heteroatoms. The molecule has 1 heterocycles. The highest BCUT2D eigenvalue weighted by atomic mass is 16.3. The predicted molar refractivity (Wildman–Crippen MR) is 52.1 cm³/mol. The van der Waals surface area contributed by atoms with Crippen molar-refractivity contribution in [3.05, 3.63) is 36.0 Å². The van der Waals surface area contributed by atoms with Crippen molar-refractivity contribution in [1.29, 1.82) is 0 Å². The second-order valence-corrected chi connectivity index (χ2v) is 2.88. The second kappa shape index (κ2) is 2.96. The van der Waals surface area contributed by atoms with Gasteiger partial charge in [-0.05, 0) is 17.5 Å². The Labute approximate surface area is 76.2 Å². The van der Waals surface area contributed by atoms with E-state index < -0.39 is 6.10 Å². The van der Waals surface area contributed by atoms with Crippen molar-refractivity contribution < 1.29 is 5.11 Å². The van der Waals surface area contributed by atoms with Gasteiger partial charge in [0.15, 0.2) is 6.10 Å². The van der Waals surface area contributed by atoms with Gasteiger partial charge in [-0.25, -0.2) is 0 Å². The van der Waals surface area contributed by atoms with Gasteiger partial charge in [0, 0.05) is 5.52 Å². The van der Waals surface area contributed by atoms with Crippen molar-refractivity contribution in [2.45, 2.75) is 6.10 Å². The van der Waals surface area contributed by atoms with Crippen molar-refractivity contribution in [1.82, 2.24) is 4.98 Å². The number of aromatic amines is 1. The molecule has 0 amide bonds. The molecule has 1 aromatic heterocycles. The fraction of sp³-hybridized carbons (Fsp3) is 0.0909. The molecule has 2 nitrogen and oxygen atoms in total. The minimum Gasteiger partial charge on any atom is -0.375 e. The van der Waals surface area contributed by atoms with Crippen LogP contribution in [0.15, 0.2) is 30.3 Å². The van der Waals surface area contributed by atoms with E-state index in [1.54, 1.807) is 0 Å². The second-order valence-electron chi connectivity index (χ2n) is 2.88. The van der Waals surface area contributed by atoms with E-state index in [2.05, 4.69) is 10.9 Å². The summed E-state index contributed by atoms with van der Waals surface area (Å²) < 4.78 is 0. The Bertz CT molecular complexity index is 431. The molecule has 0 aliphatic rings. The third-order valence-electron chi connectivity index (χ3n) is 2.00. The Kier molecular flexibility index (Phi) is 1.80. The first-order chi connectivity index (χ1) is 6.31. The van der Waals surface area contributed by atoms with Crippen LogP contribution in [0.2, 0.25) is 0 Å². The molecular formula is C11H9NO. The number of hydrogen-bond donors (Lipinski definition) is 2. The van der Waals surface area contributed by atoms with E-state index in [0.717, 1.165) is 10.9 Å². The topological polar surface area (TPSA) is 36.0 Å². The van der Waals surface area contributed by atoms with Gasteiger partial charge in [0.2, 0.25) is 0 Å². The number of rotatable bonds is 1. The molecule has 1 aromatic carbocycles. The molecule has 0 fully saturated rings. The Hall–Kier alpha value is -1.72. The van der Waals surface area contributed by atoms with Gasteiger partial charge in [0.05, 0.1) is 5.69 Å². The summed E-state index contributed by atoms with van der Waals surface area (Å²) >= 11 is 0.